The lowest BCUT2D eigenvalue weighted by molar-refractivity contribution is 0.0799. The smallest absolute Gasteiger partial charge is 0.267 e. The second-order valence-electron chi connectivity index (χ2n) is 6.06. The van der Waals surface area contributed by atoms with Crippen molar-refractivity contribution in [1.29, 1.82) is 0 Å². The largest absolute Gasteiger partial charge is 0.454 e. The Kier molecular flexibility index (Phi) is 3.16. The van der Waals surface area contributed by atoms with E-state index < -0.39 is 0 Å². The third-order valence-corrected chi connectivity index (χ3v) is 5.97. The van der Waals surface area contributed by atoms with Crippen LogP contribution in [-0.4, -0.2) is 40.1 Å². The number of nitrogens with zero attached hydrogens (tertiary/aromatic N) is 2. The fraction of sp³-hybridized carbons (Fsp3) is 0.312. The number of benzene rings is 1. The quantitative estimate of drug-likeness (QED) is 0.662. The number of carbonyl (C=O) groups excluding carboxylic acids is 1. The number of hydrogen-bond donors (Lipinski definition) is 1. The van der Waals surface area contributed by atoms with E-state index in [2.05, 4.69) is 4.98 Å². The molecule has 1 fully saturated rings. The predicted octanol–water partition coefficient (Wildman–Crippen LogP) is 2.54. The van der Waals surface area contributed by atoms with Gasteiger partial charge in [-0.25, -0.2) is 0 Å². The SMILES string of the molecule is O=C(c1sc(=S)n2c1[nH]c(=O)c1cc3c(cc12)OCO3)N1CCCC1. The number of H-pyrrole nitrogens is 1. The van der Waals surface area contributed by atoms with Gasteiger partial charge >= 0.3 is 0 Å². The van der Waals surface area contributed by atoms with Gasteiger partial charge in [0.15, 0.2) is 15.5 Å². The molecule has 2 aliphatic heterocycles. The van der Waals surface area contributed by atoms with Crippen LogP contribution in [0.1, 0.15) is 22.5 Å². The minimum absolute atomic E-state index is 0.0770. The number of hydrogen-bond acceptors (Lipinski definition) is 6. The fourth-order valence-corrected chi connectivity index (χ4v) is 4.74. The van der Waals surface area contributed by atoms with E-state index in [9.17, 15) is 9.59 Å². The van der Waals surface area contributed by atoms with Crippen LogP contribution in [0.4, 0.5) is 0 Å². The van der Waals surface area contributed by atoms with Crippen molar-refractivity contribution in [2.45, 2.75) is 12.8 Å². The molecular formula is C16H13N3O4S2. The van der Waals surface area contributed by atoms with E-state index in [1.165, 1.54) is 11.3 Å². The predicted molar refractivity (Wildman–Crippen MR) is 95.5 cm³/mol. The Morgan fingerprint density at radius 1 is 1.20 bits per heavy atom. The van der Waals surface area contributed by atoms with Gasteiger partial charge < -0.3 is 19.4 Å². The van der Waals surface area contributed by atoms with E-state index in [1.807, 2.05) is 4.90 Å². The molecule has 0 bridgehead atoms. The van der Waals surface area contributed by atoms with E-state index in [0.717, 1.165) is 25.9 Å². The van der Waals surface area contributed by atoms with Crippen molar-refractivity contribution in [2.75, 3.05) is 19.9 Å². The van der Waals surface area contributed by atoms with Crippen LogP contribution in [0.5, 0.6) is 11.5 Å². The van der Waals surface area contributed by atoms with Gasteiger partial charge in [0.25, 0.3) is 11.5 Å². The lowest BCUT2D eigenvalue weighted by Gasteiger charge is -2.13. The van der Waals surface area contributed by atoms with Crippen molar-refractivity contribution >= 4 is 46.0 Å². The molecule has 4 heterocycles. The number of likely N-dealkylation sites (tertiary alicyclic amines) is 1. The third-order valence-electron chi connectivity index (χ3n) is 4.61. The normalized spacial score (nSPS) is 16.2. The summed E-state index contributed by atoms with van der Waals surface area (Å²) in [7, 11) is 0. The molecule has 0 unspecified atom stereocenters. The van der Waals surface area contributed by atoms with Crippen molar-refractivity contribution < 1.29 is 14.3 Å². The van der Waals surface area contributed by atoms with E-state index in [-0.39, 0.29) is 18.3 Å². The fourth-order valence-electron chi connectivity index (χ4n) is 3.39. The molecule has 5 rings (SSSR count). The van der Waals surface area contributed by atoms with Crippen molar-refractivity contribution in [2.24, 2.45) is 0 Å². The summed E-state index contributed by atoms with van der Waals surface area (Å²) in [6.07, 6.45) is 2.01. The molecule has 1 amide bonds. The molecular weight excluding hydrogens is 362 g/mol. The van der Waals surface area contributed by atoms with Crippen LogP contribution in [0.3, 0.4) is 0 Å². The monoisotopic (exact) mass is 375 g/mol. The van der Waals surface area contributed by atoms with Crippen LogP contribution in [0.25, 0.3) is 16.6 Å². The topological polar surface area (TPSA) is 76.0 Å². The number of nitrogens with one attached hydrogen (secondary N) is 1. The Morgan fingerprint density at radius 2 is 1.92 bits per heavy atom. The Balaban J connectivity index is 1.82. The minimum atomic E-state index is -0.281. The van der Waals surface area contributed by atoms with Crippen LogP contribution in [0.15, 0.2) is 16.9 Å². The van der Waals surface area contributed by atoms with Gasteiger partial charge in [-0.05, 0) is 31.1 Å². The number of amides is 1. The number of rotatable bonds is 1. The standard InChI is InChI=1S/C16H13N3O4S2/c20-14-8-5-10-11(23-7-22-10)6-9(8)19-13(17-14)12(25-16(19)24)15(21)18-3-1-2-4-18/h5-6H,1-4,7H2,(H,17,20). The van der Waals surface area contributed by atoms with Gasteiger partial charge in [0.05, 0.1) is 10.9 Å². The average molecular weight is 375 g/mol. The Labute approximate surface area is 150 Å². The maximum atomic E-state index is 12.8. The molecule has 0 aliphatic carbocycles. The van der Waals surface area contributed by atoms with E-state index in [1.54, 1.807) is 16.5 Å². The molecule has 0 radical (unpaired) electrons. The maximum Gasteiger partial charge on any atom is 0.267 e. The second-order valence-corrected chi connectivity index (χ2v) is 7.70. The molecule has 9 heteroatoms. The molecule has 128 valence electrons. The molecule has 1 aromatic carbocycles. The van der Waals surface area contributed by atoms with Gasteiger partial charge in [-0.1, -0.05) is 11.3 Å². The number of aromatic amines is 1. The highest BCUT2D eigenvalue weighted by Crippen LogP contribution is 2.36. The summed E-state index contributed by atoms with van der Waals surface area (Å²) in [5, 5.41) is 0.450. The molecule has 2 aromatic heterocycles. The van der Waals surface area contributed by atoms with Crippen molar-refractivity contribution in [3.63, 3.8) is 0 Å². The first kappa shape index (κ1) is 14.9. The minimum Gasteiger partial charge on any atom is -0.454 e. The number of carbonyl (C=O) groups is 1. The number of aromatic nitrogens is 2. The lowest BCUT2D eigenvalue weighted by Crippen LogP contribution is -2.27. The van der Waals surface area contributed by atoms with Crippen LogP contribution >= 0.6 is 23.6 Å². The molecule has 7 nitrogen and oxygen atoms in total. The summed E-state index contributed by atoms with van der Waals surface area (Å²) >= 11 is 6.71. The highest BCUT2D eigenvalue weighted by atomic mass is 32.1. The zero-order chi connectivity index (χ0) is 17.1. The molecule has 1 saturated heterocycles. The summed E-state index contributed by atoms with van der Waals surface area (Å²) in [4.78, 5) is 30.5. The second kappa shape index (κ2) is 5.30. The molecule has 0 saturated carbocycles. The Morgan fingerprint density at radius 3 is 2.68 bits per heavy atom. The molecule has 2 aliphatic rings. The van der Waals surface area contributed by atoms with Crippen LogP contribution in [-0.2, 0) is 0 Å². The van der Waals surface area contributed by atoms with Gasteiger partial charge in [0.2, 0.25) is 6.79 Å². The summed E-state index contributed by atoms with van der Waals surface area (Å²) < 4.78 is 13.0. The molecule has 1 N–H and O–H groups in total. The Bertz CT molecular complexity index is 1150. The first-order valence-corrected chi connectivity index (χ1v) is 9.16. The van der Waals surface area contributed by atoms with Crippen LogP contribution in [0, 0.1) is 3.95 Å². The van der Waals surface area contributed by atoms with Crippen LogP contribution in [0.2, 0.25) is 0 Å². The highest BCUT2D eigenvalue weighted by molar-refractivity contribution is 7.73. The summed E-state index contributed by atoms with van der Waals surface area (Å²) in [6, 6.07) is 3.39. The van der Waals surface area contributed by atoms with Gasteiger partial charge in [0, 0.05) is 19.2 Å². The van der Waals surface area contributed by atoms with E-state index in [0.29, 0.717) is 36.9 Å². The molecule has 0 atom stereocenters. The van der Waals surface area contributed by atoms with E-state index >= 15 is 0 Å². The average Bonchev–Trinajstić information content (AvgIpc) is 3.32. The summed E-state index contributed by atoms with van der Waals surface area (Å²) in [6.45, 7) is 1.61. The van der Waals surface area contributed by atoms with Gasteiger partial charge in [-0.3, -0.25) is 14.0 Å². The van der Waals surface area contributed by atoms with Gasteiger partial charge in [-0.15, -0.1) is 0 Å². The lowest BCUT2D eigenvalue weighted by atomic mass is 10.2. The van der Waals surface area contributed by atoms with Gasteiger partial charge in [0.1, 0.15) is 10.5 Å². The molecule has 0 spiro atoms. The summed E-state index contributed by atoms with van der Waals surface area (Å²) in [5.41, 5.74) is 0.782. The van der Waals surface area contributed by atoms with Gasteiger partial charge in [-0.2, -0.15) is 0 Å². The number of ether oxygens (including phenoxy) is 2. The molecule has 3 aromatic rings. The molecule has 25 heavy (non-hydrogen) atoms. The number of fused-ring (bicyclic) bond motifs is 4. The zero-order valence-corrected chi connectivity index (χ0v) is 14.7. The van der Waals surface area contributed by atoms with Crippen molar-refractivity contribution in [3.05, 3.63) is 31.3 Å². The van der Waals surface area contributed by atoms with Crippen molar-refractivity contribution in [3.8, 4) is 11.5 Å². The van der Waals surface area contributed by atoms with Crippen LogP contribution < -0.4 is 15.0 Å². The first-order valence-electron chi connectivity index (χ1n) is 7.94. The zero-order valence-electron chi connectivity index (χ0n) is 13.0. The maximum absolute atomic E-state index is 12.8. The number of thiazole rings is 1. The Hall–Kier alpha value is -2.39. The third kappa shape index (κ3) is 2.12. The van der Waals surface area contributed by atoms with Crippen molar-refractivity contribution in [1.82, 2.24) is 14.3 Å². The van der Waals surface area contributed by atoms with E-state index in [4.69, 9.17) is 21.7 Å². The summed E-state index contributed by atoms with van der Waals surface area (Å²) in [5.74, 6) is 1.03. The first-order chi connectivity index (χ1) is 12.1. The highest BCUT2D eigenvalue weighted by Gasteiger charge is 2.26.